The second-order valence-corrected chi connectivity index (χ2v) is 9.52. The van der Waals surface area contributed by atoms with Crippen LogP contribution in [-0.2, 0) is 17.9 Å². The van der Waals surface area contributed by atoms with Crippen LogP contribution >= 0.6 is 22.9 Å². The van der Waals surface area contributed by atoms with E-state index in [1.807, 2.05) is 24.3 Å². The molecule has 0 radical (unpaired) electrons. The maximum atomic E-state index is 13.6. The average molecular weight is 524 g/mol. The number of hydrogen-bond acceptors (Lipinski definition) is 5. The Labute approximate surface area is 212 Å². The van der Waals surface area contributed by atoms with Gasteiger partial charge >= 0.3 is 5.69 Å². The molecule has 0 atom stereocenters. The molecule has 2 heterocycles. The lowest BCUT2D eigenvalue weighted by molar-refractivity contribution is -0.116. The van der Waals surface area contributed by atoms with Crippen molar-refractivity contribution in [2.75, 3.05) is 12.4 Å². The molecule has 5 aromatic rings. The monoisotopic (exact) mass is 523 g/mol. The third-order valence-electron chi connectivity index (χ3n) is 5.73. The highest BCUT2D eigenvalue weighted by Crippen LogP contribution is 2.31. The second kappa shape index (κ2) is 9.60. The van der Waals surface area contributed by atoms with Crippen molar-refractivity contribution in [2.24, 2.45) is 0 Å². The molecule has 2 aromatic heterocycles. The van der Waals surface area contributed by atoms with E-state index in [1.165, 1.54) is 47.3 Å². The lowest BCUT2D eigenvalue weighted by Gasteiger charge is -2.13. The third-order valence-corrected chi connectivity index (χ3v) is 7.17. The van der Waals surface area contributed by atoms with Gasteiger partial charge in [0, 0.05) is 15.8 Å². The van der Waals surface area contributed by atoms with Gasteiger partial charge in [0.2, 0.25) is 5.91 Å². The second-order valence-electron chi connectivity index (χ2n) is 8.06. The van der Waals surface area contributed by atoms with E-state index in [0.29, 0.717) is 37.6 Å². The molecular formula is C26H19ClFN3O4S. The number of hydrogen-bond donors (Lipinski definition) is 1. The minimum Gasteiger partial charge on any atom is -0.495 e. The van der Waals surface area contributed by atoms with E-state index < -0.39 is 23.0 Å². The highest BCUT2D eigenvalue weighted by molar-refractivity contribution is 7.25. The summed E-state index contributed by atoms with van der Waals surface area (Å²) >= 11 is 7.42. The van der Waals surface area contributed by atoms with E-state index >= 15 is 0 Å². The van der Waals surface area contributed by atoms with Gasteiger partial charge in [0.05, 0.1) is 24.2 Å². The molecule has 0 saturated carbocycles. The Morgan fingerprint density at radius 1 is 1.06 bits per heavy atom. The van der Waals surface area contributed by atoms with Gasteiger partial charge < -0.3 is 10.1 Å². The molecule has 10 heteroatoms. The summed E-state index contributed by atoms with van der Waals surface area (Å²) in [5.74, 6) is -0.425. The maximum absolute atomic E-state index is 13.6. The predicted molar refractivity (Wildman–Crippen MR) is 140 cm³/mol. The first-order valence-electron chi connectivity index (χ1n) is 10.9. The predicted octanol–water partition coefficient (Wildman–Crippen LogP) is 4.87. The molecule has 0 spiro atoms. The smallest absolute Gasteiger partial charge is 0.332 e. The summed E-state index contributed by atoms with van der Waals surface area (Å²) in [5, 5.41) is 3.78. The number of fused-ring (bicyclic) bond motifs is 3. The van der Waals surface area contributed by atoms with Crippen molar-refractivity contribution in [1.29, 1.82) is 0 Å². The van der Waals surface area contributed by atoms with E-state index in [9.17, 15) is 18.8 Å². The standard InChI is InChI=1S/C26H19ClFN3O4S/c1-35-20-11-10-17(12-19(20)27)29-22(32)14-30-23-18-4-2-3-5-21(18)36-24(23)25(33)31(26(30)34)13-15-6-8-16(28)9-7-15/h2-12H,13-14H2,1H3,(H,29,32). The Morgan fingerprint density at radius 3 is 2.53 bits per heavy atom. The van der Waals surface area contributed by atoms with Gasteiger partial charge in [0.15, 0.2) is 0 Å². The van der Waals surface area contributed by atoms with Gasteiger partial charge in [-0.25, -0.2) is 9.18 Å². The number of rotatable bonds is 6. The van der Waals surface area contributed by atoms with E-state index in [4.69, 9.17) is 16.3 Å². The van der Waals surface area contributed by atoms with Crippen molar-refractivity contribution in [3.05, 3.63) is 104 Å². The minimum absolute atomic E-state index is 0.0577. The first kappa shape index (κ1) is 23.8. The highest BCUT2D eigenvalue weighted by Gasteiger charge is 2.20. The van der Waals surface area contributed by atoms with Crippen molar-refractivity contribution in [3.63, 3.8) is 0 Å². The SMILES string of the molecule is COc1ccc(NC(=O)Cn2c(=O)n(Cc3ccc(F)cc3)c(=O)c3sc4ccccc4c32)cc1Cl. The van der Waals surface area contributed by atoms with Crippen LogP contribution in [0.25, 0.3) is 20.3 Å². The summed E-state index contributed by atoms with van der Waals surface area (Å²) in [6.45, 7) is -0.388. The number of methoxy groups -OCH3 is 1. The number of amides is 1. The summed E-state index contributed by atoms with van der Waals surface area (Å²) in [6.07, 6.45) is 0. The molecule has 182 valence electrons. The zero-order valence-corrected chi connectivity index (χ0v) is 20.5. The maximum Gasteiger partial charge on any atom is 0.332 e. The number of carbonyl (C=O) groups is 1. The number of thiophene rings is 1. The molecule has 5 rings (SSSR count). The molecule has 0 aliphatic carbocycles. The average Bonchev–Trinajstić information content (AvgIpc) is 3.25. The van der Waals surface area contributed by atoms with Crippen LogP contribution in [0.5, 0.6) is 5.75 Å². The fraction of sp³-hybridized carbons (Fsp3) is 0.115. The number of ether oxygens (including phenoxy) is 1. The molecule has 0 unspecified atom stereocenters. The van der Waals surface area contributed by atoms with Gasteiger partial charge in [-0.1, -0.05) is 41.9 Å². The number of nitrogens with one attached hydrogen (secondary N) is 1. The van der Waals surface area contributed by atoms with Crippen LogP contribution in [0.3, 0.4) is 0 Å². The number of benzene rings is 3. The van der Waals surface area contributed by atoms with Crippen molar-refractivity contribution in [2.45, 2.75) is 13.1 Å². The molecule has 36 heavy (non-hydrogen) atoms. The Balaban J connectivity index is 1.61. The topological polar surface area (TPSA) is 82.3 Å². The summed E-state index contributed by atoms with van der Waals surface area (Å²) in [6, 6.07) is 17.7. The van der Waals surface area contributed by atoms with Gasteiger partial charge in [-0.15, -0.1) is 11.3 Å². The van der Waals surface area contributed by atoms with Gasteiger partial charge in [-0.05, 0) is 42.0 Å². The van der Waals surface area contributed by atoms with E-state index in [1.54, 1.807) is 18.2 Å². The zero-order valence-electron chi connectivity index (χ0n) is 19.0. The largest absolute Gasteiger partial charge is 0.495 e. The van der Waals surface area contributed by atoms with Crippen LogP contribution in [0.1, 0.15) is 5.56 Å². The Morgan fingerprint density at radius 2 is 1.81 bits per heavy atom. The van der Waals surface area contributed by atoms with Crippen molar-refractivity contribution >= 4 is 54.8 Å². The van der Waals surface area contributed by atoms with E-state index in [0.717, 1.165) is 9.27 Å². The Bertz CT molecular complexity index is 1740. The van der Waals surface area contributed by atoms with Crippen LogP contribution in [0.15, 0.2) is 76.3 Å². The van der Waals surface area contributed by atoms with Gasteiger partial charge in [-0.2, -0.15) is 0 Å². The van der Waals surface area contributed by atoms with Crippen LogP contribution < -0.4 is 21.3 Å². The molecule has 0 aliphatic rings. The lowest BCUT2D eigenvalue weighted by atomic mass is 10.2. The zero-order chi connectivity index (χ0) is 25.4. The van der Waals surface area contributed by atoms with Crippen LogP contribution in [-0.4, -0.2) is 22.2 Å². The first-order valence-corrected chi connectivity index (χ1v) is 12.1. The molecule has 3 aromatic carbocycles. The molecule has 0 aliphatic heterocycles. The minimum atomic E-state index is -0.636. The van der Waals surface area contributed by atoms with E-state index in [2.05, 4.69) is 5.32 Å². The number of anilines is 1. The summed E-state index contributed by atoms with van der Waals surface area (Å²) in [5.41, 5.74) is 0.330. The molecule has 1 N–H and O–H groups in total. The normalized spacial score (nSPS) is 11.2. The highest BCUT2D eigenvalue weighted by atomic mass is 35.5. The Kier molecular flexibility index (Phi) is 6.34. The quantitative estimate of drug-likeness (QED) is 0.344. The van der Waals surface area contributed by atoms with E-state index in [-0.39, 0.29) is 13.1 Å². The van der Waals surface area contributed by atoms with Crippen molar-refractivity contribution in [3.8, 4) is 5.75 Å². The van der Waals surface area contributed by atoms with Gasteiger partial charge in [-0.3, -0.25) is 18.7 Å². The number of carbonyl (C=O) groups excluding carboxylic acids is 1. The fourth-order valence-corrected chi connectivity index (χ4v) is 5.46. The number of nitrogens with zero attached hydrogens (tertiary/aromatic N) is 2. The number of aromatic nitrogens is 2. The third kappa shape index (κ3) is 4.38. The molecular weight excluding hydrogens is 505 g/mol. The lowest BCUT2D eigenvalue weighted by Crippen LogP contribution is -2.41. The molecule has 0 saturated heterocycles. The molecule has 0 bridgehead atoms. The number of halogens is 2. The Hall–Kier alpha value is -3.95. The van der Waals surface area contributed by atoms with Gasteiger partial charge in [0.1, 0.15) is 22.8 Å². The van der Waals surface area contributed by atoms with Gasteiger partial charge in [0.25, 0.3) is 5.56 Å². The fourth-order valence-electron chi connectivity index (χ4n) is 4.04. The van der Waals surface area contributed by atoms with Crippen LogP contribution in [0.2, 0.25) is 5.02 Å². The molecule has 1 amide bonds. The van der Waals surface area contributed by atoms with Crippen LogP contribution in [0, 0.1) is 5.82 Å². The molecule has 0 fully saturated rings. The summed E-state index contributed by atoms with van der Waals surface area (Å²) < 4.78 is 22.1. The summed E-state index contributed by atoms with van der Waals surface area (Å²) in [4.78, 5) is 40.0. The van der Waals surface area contributed by atoms with Crippen molar-refractivity contribution < 1.29 is 13.9 Å². The first-order chi connectivity index (χ1) is 17.4. The van der Waals surface area contributed by atoms with Crippen molar-refractivity contribution in [1.82, 2.24) is 9.13 Å². The summed E-state index contributed by atoms with van der Waals surface area (Å²) in [7, 11) is 1.49. The molecule has 7 nitrogen and oxygen atoms in total. The van der Waals surface area contributed by atoms with Crippen LogP contribution in [0.4, 0.5) is 10.1 Å².